The number of carbonyl (C=O) groups is 1. The minimum absolute atomic E-state index is 0.0643. The molecular formula is C22H23N4O4-. The van der Waals surface area contributed by atoms with Crippen molar-refractivity contribution >= 4 is 22.5 Å². The van der Waals surface area contributed by atoms with Crippen molar-refractivity contribution in [3.63, 3.8) is 0 Å². The highest BCUT2D eigenvalue weighted by molar-refractivity contribution is 5.80. The number of nitrogens with zero attached hydrogens (tertiary/aromatic N) is 4. The molecule has 2 atom stereocenters. The SMILES string of the molecule is O=C(CCn1ccc2ccccc21)N1CC2C[C@@H](C1)Cn1c2ccc(N([O-])O)c1=O. The molecule has 0 saturated carbocycles. The molecular weight excluding hydrogens is 384 g/mol. The van der Waals surface area contributed by atoms with Gasteiger partial charge in [-0.15, -0.1) is 0 Å². The van der Waals surface area contributed by atoms with Gasteiger partial charge >= 0.3 is 0 Å². The highest BCUT2D eigenvalue weighted by atomic mass is 16.8. The van der Waals surface area contributed by atoms with E-state index in [-0.39, 0.29) is 28.7 Å². The number of piperidine rings is 1. The van der Waals surface area contributed by atoms with Crippen molar-refractivity contribution in [2.45, 2.75) is 31.8 Å². The maximum atomic E-state index is 12.9. The largest absolute Gasteiger partial charge is 0.733 e. The van der Waals surface area contributed by atoms with E-state index in [1.165, 1.54) is 11.5 Å². The first-order valence-electron chi connectivity index (χ1n) is 10.2. The van der Waals surface area contributed by atoms with E-state index in [1.54, 1.807) is 10.6 Å². The summed E-state index contributed by atoms with van der Waals surface area (Å²) in [4.78, 5) is 27.4. The van der Waals surface area contributed by atoms with Crippen LogP contribution in [0.4, 0.5) is 5.69 Å². The minimum atomic E-state index is -0.473. The number of carbonyl (C=O) groups excluding carboxylic acids is 1. The molecule has 2 aromatic heterocycles. The van der Waals surface area contributed by atoms with Crippen LogP contribution in [0.3, 0.4) is 0 Å². The van der Waals surface area contributed by atoms with Gasteiger partial charge in [-0.25, -0.2) is 0 Å². The monoisotopic (exact) mass is 407 g/mol. The molecule has 3 aromatic rings. The molecule has 8 nitrogen and oxygen atoms in total. The Balaban J connectivity index is 1.31. The van der Waals surface area contributed by atoms with E-state index in [4.69, 9.17) is 5.21 Å². The van der Waals surface area contributed by atoms with Gasteiger partial charge in [-0.05, 0) is 42.0 Å². The molecule has 5 rings (SSSR count). The molecule has 1 N–H and O–H groups in total. The van der Waals surface area contributed by atoms with Crippen LogP contribution >= 0.6 is 0 Å². The highest BCUT2D eigenvalue weighted by Gasteiger charge is 2.36. The van der Waals surface area contributed by atoms with E-state index in [0.29, 0.717) is 32.6 Å². The van der Waals surface area contributed by atoms with E-state index in [9.17, 15) is 14.8 Å². The van der Waals surface area contributed by atoms with Gasteiger partial charge in [0.2, 0.25) is 5.91 Å². The molecule has 0 aliphatic carbocycles. The molecule has 1 fully saturated rings. The average molecular weight is 407 g/mol. The van der Waals surface area contributed by atoms with Crippen LogP contribution in [-0.2, 0) is 17.9 Å². The second-order valence-electron chi connectivity index (χ2n) is 8.25. The fraction of sp³-hybridized carbons (Fsp3) is 0.364. The van der Waals surface area contributed by atoms with Gasteiger partial charge in [0.1, 0.15) is 5.69 Å². The maximum Gasteiger partial charge on any atom is 0.275 e. The molecule has 30 heavy (non-hydrogen) atoms. The number of para-hydroxylation sites is 1. The van der Waals surface area contributed by atoms with Crippen LogP contribution in [0.2, 0.25) is 0 Å². The lowest BCUT2D eigenvalue weighted by molar-refractivity contribution is -0.134. The van der Waals surface area contributed by atoms with E-state index in [1.807, 2.05) is 23.2 Å². The Morgan fingerprint density at radius 3 is 2.80 bits per heavy atom. The van der Waals surface area contributed by atoms with Crippen LogP contribution in [0.1, 0.15) is 24.5 Å². The first-order chi connectivity index (χ1) is 14.5. The van der Waals surface area contributed by atoms with Crippen molar-refractivity contribution in [3.05, 3.63) is 69.9 Å². The summed E-state index contributed by atoms with van der Waals surface area (Å²) in [5, 5.41) is 21.1. The van der Waals surface area contributed by atoms with E-state index in [2.05, 4.69) is 22.8 Å². The Kier molecular flexibility index (Phi) is 4.60. The Labute approximate surface area is 173 Å². The smallest absolute Gasteiger partial charge is 0.275 e. The summed E-state index contributed by atoms with van der Waals surface area (Å²) in [6.07, 6.45) is 3.37. The molecule has 156 valence electrons. The van der Waals surface area contributed by atoms with E-state index in [0.717, 1.165) is 17.6 Å². The molecule has 0 radical (unpaired) electrons. The number of amides is 1. The lowest BCUT2D eigenvalue weighted by Crippen LogP contribution is -2.49. The standard InChI is InChI=1S/C22H23N4O4/c27-21(8-10-23-9-7-16-3-1-2-4-18(16)23)24-12-15-11-17(14-24)19-5-6-20(26(29)30)22(28)25(19)13-15/h1-7,9,15,17,29H,8,10-14H2/q-1/t15-,17?/m0/s1. The number of aromatic nitrogens is 2. The number of hydrogen-bond acceptors (Lipinski definition) is 5. The van der Waals surface area contributed by atoms with Crippen LogP contribution in [-0.4, -0.2) is 38.2 Å². The summed E-state index contributed by atoms with van der Waals surface area (Å²) in [6.45, 7) is 2.27. The third-order valence-electron chi connectivity index (χ3n) is 6.39. The van der Waals surface area contributed by atoms with Crippen molar-refractivity contribution in [1.29, 1.82) is 0 Å². The highest BCUT2D eigenvalue weighted by Crippen LogP contribution is 2.35. The van der Waals surface area contributed by atoms with Crippen LogP contribution in [0, 0.1) is 11.1 Å². The molecule has 2 aliphatic rings. The summed E-state index contributed by atoms with van der Waals surface area (Å²) >= 11 is 0. The fourth-order valence-electron chi connectivity index (χ4n) is 4.99. The maximum absolute atomic E-state index is 12.9. The van der Waals surface area contributed by atoms with Crippen molar-refractivity contribution in [3.8, 4) is 0 Å². The number of pyridine rings is 1. The molecule has 4 heterocycles. The number of hydrogen-bond donors (Lipinski definition) is 1. The van der Waals surface area contributed by atoms with Crippen LogP contribution in [0.5, 0.6) is 0 Å². The number of rotatable bonds is 4. The Morgan fingerprint density at radius 1 is 1.13 bits per heavy atom. The first kappa shape index (κ1) is 18.9. The predicted octanol–water partition coefficient (Wildman–Crippen LogP) is 2.53. The molecule has 1 saturated heterocycles. The third kappa shape index (κ3) is 3.18. The van der Waals surface area contributed by atoms with Gasteiger partial charge < -0.3 is 24.5 Å². The molecule has 1 amide bonds. The zero-order valence-electron chi connectivity index (χ0n) is 16.5. The topological polar surface area (TPSA) is 93.8 Å². The normalized spacial score (nSPS) is 20.3. The van der Waals surface area contributed by atoms with Gasteiger partial charge in [0.15, 0.2) is 0 Å². The summed E-state index contributed by atoms with van der Waals surface area (Å²) < 4.78 is 3.70. The number of benzene rings is 1. The third-order valence-corrected chi connectivity index (χ3v) is 6.39. The molecule has 1 unspecified atom stereocenters. The summed E-state index contributed by atoms with van der Waals surface area (Å²) in [5.41, 5.74) is 1.21. The van der Waals surface area contributed by atoms with Crippen molar-refractivity contribution in [1.82, 2.24) is 14.0 Å². The summed E-state index contributed by atoms with van der Waals surface area (Å²) in [5.74, 6) is 0.352. The molecule has 2 bridgehead atoms. The molecule has 2 aliphatic heterocycles. The van der Waals surface area contributed by atoms with Crippen LogP contribution in [0.15, 0.2) is 53.5 Å². The van der Waals surface area contributed by atoms with Crippen molar-refractivity contribution in [2.24, 2.45) is 5.92 Å². The lowest BCUT2D eigenvalue weighted by atomic mass is 9.83. The quantitative estimate of drug-likeness (QED) is 0.671. The summed E-state index contributed by atoms with van der Waals surface area (Å²) in [7, 11) is 0. The van der Waals surface area contributed by atoms with Crippen molar-refractivity contribution in [2.75, 3.05) is 18.3 Å². The fourth-order valence-corrected chi connectivity index (χ4v) is 4.99. The summed E-state index contributed by atoms with van der Waals surface area (Å²) in [6, 6.07) is 13.3. The number of fused-ring (bicyclic) bond motifs is 5. The van der Waals surface area contributed by atoms with Gasteiger partial charge in [0, 0.05) is 55.9 Å². The van der Waals surface area contributed by atoms with Gasteiger partial charge in [-0.3, -0.25) is 14.8 Å². The van der Waals surface area contributed by atoms with Crippen molar-refractivity contribution < 1.29 is 10.0 Å². The zero-order valence-corrected chi connectivity index (χ0v) is 16.5. The predicted molar refractivity (Wildman–Crippen MR) is 112 cm³/mol. The number of likely N-dealkylation sites (tertiary alicyclic amines) is 1. The van der Waals surface area contributed by atoms with Crippen LogP contribution in [0.25, 0.3) is 10.9 Å². The Morgan fingerprint density at radius 2 is 1.97 bits per heavy atom. The van der Waals surface area contributed by atoms with Gasteiger partial charge in [-0.2, -0.15) is 0 Å². The lowest BCUT2D eigenvalue weighted by Gasteiger charge is -2.43. The van der Waals surface area contributed by atoms with Gasteiger partial charge in [-0.1, -0.05) is 18.2 Å². The zero-order chi connectivity index (χ0) is 20.8. The van der Waals surface area contributed by atoms with E-state index < -0.39 is 5.56 Å². The molecule has 8 heteroatoms. The molecule has 0 spiro atoms. The number of anilines is 1. The van der Waals surface area contributed by atoms with E-state index >= 15 is 0 Å². The second kappa shape index (κ2) is 7.30. The van der Waals surface area contributed by atoms with Gasteiger partial charge in [0.05, 0.1) is 0 Å². The molecule has 1 aromatic carbocycles. The average Bonchev–Trinajstić information content (AvgIpc) is 3.15. The number of aryl methyl sites for hydroxylation is 1. The Bertz CT molecular complexity index is 1170. The van der Waals surface area contributed by atoms with Gasteiger partial charge in [0.25, 0.3) is 5.56 Å². The van der Waals surface area contributed by atoms with Crippen LogP contribution < -0.4 is 10.8 Å². The first-order valence-corrected chi connectivity index (χ1v) is 10.2. The Hall–Kier alpha value is -3.10. The minimum Gasteiger partial charge on any atom is -0.733 e. The second-order valence-corrected chi connectivity index (χ2v) is 8.25.